The van der Waals surface area contributed by atoms with Crippen LogP contribution in [-0.4, -0.2) is 140 Å². The van der Waals surface area contributed by atoms with Gasteiger partial charge in [-0.3, -0.25) is 4.79 Å². The Hall–Kier alpha value is -1.79. The third-order valence-electron chi connectivity index (χ3n) is 19.8. The second-order valence-corrected chi connectivity index (χ2v) is 28.5. The van der Waals surface area contributed by atoms with E-state index in [4.69, 9.17) is 18.9 Å². The van der Waals surface area contributed by atoms with Crippen LogP contribution in [0.1, 0.15) is 373 Å². The molecule has 0 aromatic rings. The van der Waals surface area contributed by atoms with E-state index in [0.717, 1.165) is 44.9 Å². The molecule has 2 fully saturated rings. The van der Waals surface area contributed by atoms with Gasteiger partial charge >= 0.3 is 0 Å². The van der Waals surface area contributed by atoms with E-state index in [1.165, 1.54) is 302 Å². The van der Waals surface area contributed by atoms with Gasteiger partial charge in [-0.05, 0) is 51.4 Å². The van der Waals surface area contributed by atoms with Crippen LogP contribution in [0.4, 0.5) is 0 Å². The molecule has 12 atom stereocenters. The van der Waals surface area contributed by atoms with E-state index >= 15 is 0 Å². The first kappa shape index (κ1) is 88.3. The number of hydrogen-bond acceptors (Lipinski definition) is 13. The molecule has 1 amide bonds. The van der Waals surface area contributed by atoms with Crippen molar-refractivity contribution in [2.45, 2.75) is 447 Å². The largest absolute Gasteiger partial charge is 0.394 e. The number of carbonyl (C=O) groups is 1. The van der Waals surface area contributed by atoms with Crippen LogP contribution in [0, 0.1) is 0 Å². The summed E-state index contributed by atoms with van der Waals surface area (Å²) in [4.78, 5) is 13.4. The Morgan fingerprint density at radius 1 is 0.383 bits per heavy atom. The number of allylic oxidation sites excluding steroid dienone is 5. The molecular weight excluding hydrogens is 1180 g/mol. The van der Waals surface area contributed by atoms with Crippen molar-refractivity contribution in [3.63, 3.8) is 0 Å². The molecule has 14 nitrogen and oxygen atoms in total. The minimum atomic E-state index is -1.79. The van der Waals surface area contributed by atoms with Gasteiger partial charge in [-0.15, -0.1) is 0 Å². The Labute approximate surface area is 576 Å². The third kappa shape index (κ3) is 47.3. The van der Waals surface area contributed by atoms with E-state index in [0.29, 0.717) is 6.42 Å². The number of unbranched alkanes of at least 4 members (excludes halogenated alkanes) is 51. The molecule has 9 N–H and O–H groups in total. The number of aliphatic hydroxyl groups is 8. The number of nitrogens with one attached hydrogen (secondary N) is 1. The fourth-order valence-electron chi connectivity index (χ4n) is 13.4. The van der Waals surface area contributed by atoms with Gasteiger partial charge in [0.05, 0.1) is 32.0 Å². The molecule has 0 radical (unpaired) electrons. The normalized spacial score (nSPS) is 22.6. The summed E-state index contributed by atoms with van der Waals surface area (Å²) in [5, 5.41) is 87.6. The quantitative estimate of drug-likeness (QED) is 0.0204. The van der Waals surface area contributed by atoms with Gasteiger partial charge in [-0.2, -0.15) is 0 Å². The maximum Gasteiger partial charge on any atom is 0.220 e. The maximum atomic E-state index is 13.4. The lowest BCUT2D eigenvalue weighted by atomic mass is 9.97. The highest BCUT2D eigenvalue weighted by Crippen LogP contribution is 2.30. The number of amides is 1. The molecule has 0 spiro atoms. The average Bonchev–Trinajstić information content (AvgIpc) is 0.794. The molecule has 0 aromatic carbocycles. The molecule has 0 aliphatic carbocycles. The van der Waals surface area contributed by atoms with Gasteiger partial charge in [0.2, 0.25) is 5.91 Å². The van der Waals surface area contributed by atoms with E-state index in [-0.39, 0.29) is 18.9 Å². The van der Waals surface area contributed by atoms with E-state index < -0.39 is 86.8 Å². The molecule has 14 heteroatoms. The number of aliphatic hydroxyl groups excluding tert-OH is 8. The molecule has 0 aromatic heterocycles. The van der Waals surface area contributed by atoms with E-state index in [9.17, 15) is 45.6 Å². The highest BCUT2D eigenvalue weighted by Gasteiger charge is 2.51. The molecule has 2 aliphatic heterocycles. The van der Waals surface area contributed by atoms with Crippen molar-refractivity contribution in [3.8, 4) is 0 Å². The Bertz CT molecular complexity index is 1720. The predicted molar refractivity (Wildman–Crippen MR) is 388 cm³/mol. The van der Waals surface area contributed by atoms with Crippen LogP contribution in [0.2, 0.25) is 0 Å². The summed E-state index contributed by atoms with van der Waals surface area (Å²) in [7, 11) is 0. The second kappa shape index (κ2) is 64.6. The van der Waals surface area contributed by atoms with E-state index in [1.54, 1.807) is 6.08 Å². The Balaban J connectivity index is 1.54. The fraction of sp³-hybridized carbons (Fsp3) is 0.912. The van der Waals surface area contributed by atoms with E-state index in [1.807, 2.05) is 6.08 Å². The zero-order valence-corrected chi connectivity index (χ0v) is 60.7. The molecule has 0 saturated carbocycles. The molecule has 2 rings (SSSR count). The van der Waals surface area contributed by atoms with Gasteiger partial charge in [-0.25, -0.2) is 0 Å². The van der Waals surface area contributed by atoms with Crippen LogP contribution >= 0.6 is 0 Å². The van der Waals surface area contributed by atoms with Gasteiger partial charge < -0.3 is 65.1 Å². The molecular formula is C80H151NO13. The minimum Gasteiger partial charge on any atom is -0.394 e. The number of hydrogen-bond donors (Lipinski definition) is 9. The predicted octanol–water partition coefficient (Wildman–Crippen LogP) is 18.0. The Kier molecular flexibility index (Phi) is 60.7. The number of rotatable bonds is 68. The topological polar surface area (TPSA) is 228 Å². The number of carbonyl (C=O) groups excluding carboxylic acids is 1. The van der Waals surface area contributed by atoms with Crippen LogP contribution in [0.3, 0.4) is 0 Å². The van der Waals surface area contributed by atoms with Crippen molar-refractivity contribution in [2.75, 3.05) is 19.8 Å². The molecule has 2 aliphatic rings. The van der Waals surface area contributed by atoms with Gasteiger partial charge in [0.25, 0.3) is 0 Å². The zero-order chi connectivity index (χ0) is 68.0. The van der Waals surface area contributed by atoms with E-state index in [2.05, 4.69) is 43.5 Å². The lowest BCUT2D eigenvalue weighted by molar-refractivity contribution is -0.359. The van der Waals surface area contributed by atoms with Crippen molar-refractivity contribution in [3.05, 3.63) is 36.5 Å². The van der Waals surface area contributed by atoms with Crippen molar-refractivity contribution < 1.29 is 64.6 Å². The second-order valence-electron chi connectivity index (χ2n) is 28.5. The minimum absolute atomic E-state index is 0.231. The van der Waals surface area contributed by atoms with Crippen molar-refractivity contribution in [1.82, 2.24) is 5.32 Å². The van der Waals surface area contributed by atoms with Crippen LogP contribution in [0.25, 0.3) is 0 Å². The number of ether oxygens (including phenoxy) is 4. The summed E-state index contributed by atoms with van der Waals surface area (Å²) in [6, 6.07) is -0.913. The fourth-order valence-corrected chi connectivity index (χ4v) is 13.4. The zero-order valence-electron chi connectivity index (χ0n) is 60.7. The smallest absolute Gasteiger partial charge is 0.220 e. The molecule has 2 saturated heterocycles. The van der Waals surface area contributed by atoms with Crippen LogP contribution < -0.4 is 5.32 Å². The lowest BCUT2D eigenvalue weighted by Gasteiger charge is -2.46. The summed E-state index contributed by atoms with van der Waals surface area (Å²) < 4.78 is 22.9. The summed E-state index contributed by atoms with van der Waals surface area (Å²) in [6.45, 7) is 2.84. The van der Waals surface area contributed by atoms with Crippen LogP contribution in [0.5, 0.6) is 0 Å². The average molecular weight is 1340 g/mol. The first-order valence-corrected chi connectivity index (χ1v) is 40.2. The highest BCUT2D eigenvalue weighted by molar-refractivity contribution is 5.76. The molecule has 554 valence electrons. The highest BCUT2D eigenvalue weighted by atomic mass is 16.7. The van der Waals surface area contributed by atoms with Gasteiger partial charge in [0.1, 0.15) is 48.8 Å². The molecule has 2 heterocycles. The maximum absolute atomic E-state index is 13.4. The first-order chi connectivity index (χ1) is 46.1. The lowest BCUT2D eigenvalue weighted by Crippen LogP contribution is -2.65. The van der Waals surface area contributed by atoms with Crippen LogP contribution in [0.15, 0.2) is 36.5 Å². The van der Waals surface area contributed by atoms with Gasteiger partial charge in [0.15, 0.2) is 12.6 Å². The molecule has 0 bridgehead atoms. The summed E-state index contributed by atoms with van der Waals surface area (Å²) in [5.74, 6) is -0.231. The third-order valence-corrected chi connectivity index (χ3v) is 19.8. The SMILES string of the molecule is CCCCCCC/C=C\C/C=C\CCCCCCCCCCCCCCCCCCCCCCCCCCCCCCCC(=O)NC(COC1OC(CO)C(OC2OC(CO)C(O)C(O)C2O)C(O)C1O)C(O)/C=C/CCCCCCCCCCCCCCCCCCC. The summed E-state index contributed by atoms with van der Waals surface area (Å²) in [6.07, 6.45) is 68.2. The van der Waals surface area contributed by atoms with Crippen molar-refractivity contribution >= 4 is 5.91 Å². The molecule has 94 heavy (non-hydrogen) atoms. The summed E-state index contributed by atoms with van der Waals surface area (Å²) in [5.41, 5.74) is 0. The Morgan fingerprint density at radius 3 is 1.06 bits per heavy atom. The van der Waals surface area contributed by atoms with Gasteiger partial charge in [-0.1, -0.05) is 352 Å². The molecule has 12 unspecified atom stereocenters. The monoisotopic (exact) mass is 1330 g/mol. The van der Waals surface area contributed by atoms with Crippen molar-refractivity contribution in [2.24, 2.45) is 0 Å². The first-order valence-electron chi connectivity index (χ1n) is 40.2. The van der Waals surface area contributed by atoms with Crippen molar-refractivity contribution in [1.29, 1.82) is 0 Å². The standard InChI is InChI=1S/C80H151NO13/c1-3-5-7-9-11-13-15-17-19-21-23-24-25-26-27-28-29-30-31-32-33-34-35-36-37-38-39-40-41-42-43-44-46-48-50-52-54-56-58-60-62-64-72(85)81-68(69(84)63-61-59-57-55-53-51-49-47-45-22-20-18-16-14-12-10-8-6-4-2)67-91-79-77(90)75(88)78(71(66-83)93-79)94-80-76(89)74(87)73(86)70(65-82)92-80/h15,17,21,23,61,63,68-71,73-80,82-84,86-90H,3-14,16,18-20,22,24-60,62,64-67H2,1-2H3,(H,81,85)/b17-15-,23-21-,63-61+. The summed E-state index contributed by atoms with van der Waals surface area (Å²) >= 11 is 0. The van der Waals surface area contributed by atoms with Crippen LogP contribution in [-0.2, 0) is 23.7 Å². The van der Waals surface area contributed by atoms with Gasteiger partial charge in [0, 0.05) is 6.42 Å². The Morgan fingerprint density at radius 2 is 0.702 bits per heavy atom.